The highest BCUT2D eigenvalue weighted by atomic mass is 16.3. The summed E-state index contributed by atoms with van der Waals surface area (Å²) >= 11 is 0. The van der Waals surface area contributed by atoms with Crippen molar-refractivity contribution in [3.63, 3.8) is 0 Å². The van der Waals surface area contributed by atoms with Crippen LogP contribution in [0.3, 0.4) is 0 Å². The first-order valence-electron chi connectivity index (χ1n) is 9.05. The third kappa shape index (κ3) is 1.41. The maximum Gasteiger partial charge on any atom is 0.200 e. The monoisotopic (exact) mass is 357 g/mol. The molecular weight excluding hydrogens is 338 g/mol. The lowest BCUT2D eigenvalue weighted by atomic mass is 9.53. The molecule has 4 heterocycles. The molecule has 136 valence electrons. The number of Topliss-reactive ketones (excluding diaryl/α,β-unsaturated/α-hetero) is 2. The van der Waals surface area contributed by atoms with Crippen molar-refractivity contribution in [1.29, 1.82) is 0 Å². The van der Waals surface area contributed by atoms with Gasteiger partial charge in [-0.2, -0.15) is 0 Å². The molecule has 5 aliphatic rings. The van der Waals surface area contributed by atoms with Gasteiger partial charge in [0.25, 0.3) is 0 Å². The number of fused-ring (bicyclic) bond motifs is 2. The van der Waals surface area contributed by atoms with Crippen LogP contribution in [-0.2, 0) is 11.2 Å². The molecule has 1 aromatic heterocycles. The van der Waals surface area contributed by atoms with Gasteiger partial charge < -0.3 is 25.2 Å². The number of hydrogen-bond donors (Lipinski definition) is 5. The van der Waals surface area contributed by atoms with Gasteiger partial charge in [0.05, 0.1) is 35.4 Å². The van der Waals surface area contributed by atoms with Crippen molar-refractivity contribution in [1.82, 2.24) is 15.2 Å². The molecule has 6 rings (SSSR count). The number of H-pyrrole nitrogens is 1. The fourth-order valence-electron chi connectivity index (χ4n) is 6.00. The van der Waals surface area contributed by atoms with E-state index in [0.29, 0.717) is 24.2 Å². The molecule has 0 radical (unpaired) electrons. The number of aliphatic hydroxyl groups is 3. The van der Waals surface area contributed by atoms with Crippen LogP contribution < -0.4 is 5.32 Å². The van der Waals surface area contributed by atoms with E-state index >= 15 is 0 Å². The Balaban J connectivity index is 1.75. The smallest absolute Gasteiger partial charge is 0.200 e. The van der Waals surface area contributed by atoms with Gasteiger partial charge in [-0.15, -0.1) is 0 Å². The molecule has 1 saturated heterocycles. The molecule has 8 heteroatoms. The third-order valence-corrected chi connectivity index (χ3v) is 6.99. The van der Waals surface area contributed by atoms with Crippen LogP contribution >= 0.6 is 0 Å². The highest BCUT2D eigenvalue weighted by Gasteiger charge is 2.67. The second-order valence-corrected chi connectivity index (χ2v) is 8.05. The van der Waals surface area contributed by atoms with E-state index in [9.17, 15) is 24.9 Å². The van der Waals surface area contributed by atoms with Gasteiger partial charge in [-0.3, -0.25) is 14.9 Å². The van der Waals surface area contributed by atoms with Crippen LogP contribution in [0.1, 0.15) is 34.5 Å². The Hall–Kier alpha value is -2.00. The number of rotatable bonds is 0. The zero-order valence-corrected chi connectivity index (χ0v) is 13.9. The van der Waals surface area contributed by atoms with E-state index in [2.05, 4.69) is 10.3 Å². The lowest BCUT2D eigenvalue weighted by Gasteiger charge is -2.61. The zero-order chi connectivity index (χ0) is 18.0. The standard InChI is InChI=1S/C18H19N3O5/c22-7-3-8(23)18-4-9(24)20-13-11(18)15-10-6(5-19-12(10)16(13)25)1-2-21(15)14(7)17(18)26/h5,7,9,13-14,17,19-20,22,24,26H,1-4H2/t7-,9-,13?,14?,17+,18-/m1/s1. The molecule has 2 fully saturated rings. The topological polar surface area (TPSA) is 126 Å². The second-order valence-electron chi connectivity index (χ2n) is 8.05. The first kappa shape index (κ1) is 15.1. The van der Waals surface area contributed by atoms with Crippen LogP contribution in [0, 0.1) is 5.41 Å². The molecule has 1 saturated carbocycles. The number of nitrogens with one attached hydrogen (secondary N) is 2. The number of aliphatic hydroxyl groups excluding tert-OH is 3. The minimum absolute atomic E-state index is 0.0156. The number of carbonyl (C=O) groups excluding carboxylic acids is 2. The van der Waals surface area contributed by atoms with Gasteiger partial charge in [0.15, 0.2) is 0 Å². The number of ketones is 2. The summed E-state index contributed by atoms with van der Waals surface area (Å²) < 4.78 is 0. The summed E-state index contributed by atoms with van der Waals surface area (Å²) in [5.41, 5.74) is 2.35. The lowest BCUT2D eigenvalue weighted by Crippen LogP contribution is -2.74. The van der Waals surface area contributed by atoms with Gasteiger partial charge in [0, 0.05) is 36.8 Å². The molecule has 2 unspecified atom stereocenters. The van der Waals surface area contributed by atoms with Crippen molar-refractivity contribution in [2.75, 3.05) is 6.54 Å². The molecule has 26 heavy (non-hydrogen) atoms. The number of aromatic nitrogens is 1. The van der Waals surface area contributed by atoms with Gasteiger partial charge in [0.2, 0.25) is 5.78 Å². The molecule has 2 aliphatic carbocycles. The summed E-state index contributed by atoms with van der Waals surface area (Å²) in [5.74, 6) is -0.505. The molecule has 0 aromatic carbocycles. The Morgan fingerprint density at radius 1 is 1.23 bits per heavy atom. The highest BCUT2D eigenvalue weighted by molar-refractivity contribution is 6.12. The van der Waals surface area contributed by atoms with Gasteiger partial charge in [-0.05, 0) is 17.6 Å². The Morgan fingerprint density at radius 3 is 2.85 bits per heavy atom. The van der Waals surface area contributed by atoms with Crippen molar-refractivity contribution in [2.45, 2.75) is 49.8 Å². The van der Waals surface area contributed by atoms with Gasteiger partial charge in [0.1, 0.15) is 12.0 Å². The number of aromatic amines is 1. The molecule has 1 aromatic rings. The van der Waals surface area contributed by atoms with E-state index in [1.807, 2.05) is 11.1 Å². The van der Waals surface area contributed by atoms with E-state index in [1.165, 1.54) is 0 Å². The number of carbonyl (C=O) groups is 2. The van der Waals surface area contributed by atoms with Crippen LogP contribution in [-0.4, -0.2) is 73.8 Å². The molecule has 0 amide bonds. The fraction of sp³-hybridized carbons (Fsp3) is 0.556. The average molecular weight is 357 g/mol. The Labute approximate surface area is 148 Å². The fourth-order valence-corrected chi connectivity index (χ4v) is 6.00. The van der Waals surface area contributed by atoms with E-state index in [4.69, 9.17) is 0 Å². The molecule has 6 atom stereocenters. The van der Waals surface area contributed by atoms with Crippen molar-refractivity contribution in [2.24, 2.45) is 5.41 Å². The highest BCUT2D eigenvalue weighted by Crippen LogP contribution is 2.58. The maximum absolute atomic E-state index is 13.1. The summed E-state index contributed by atoms with van der Waals surface area (Å²) in [7, 11) is 0. The van der Waals surface area contributed by atoms with Crippen LogP contribution in [0.4, 0.5) is 0 Å². The van der Waals surface area contributed by atoms with Crippen LogP contribution in [0.5, 0.6) is 0 Å². The Morgan fingerprint density at radius 2 is 2.04 bits per heavy atom. The van der Waals surface area contributed by atoms with E-state index in [-0.39, 0.29) is 24.4 Å². The molecule has 1 spiro atoms. The summed E-state index contributed by atoms with van der Waals surface area (Å²) in [5, 5.41) is 35.1. The molecule has 5 N–H and O–H groups in total. The SMILES string of the molecule is O=C1c2[nH]cc3c2C2=C4C1N[C@H](O)C[C@@]41C(=O)C[C@@H](O)C([C@@H]1O)N2CC3. The normalized spacial score (nSPS) is 42.9. The average Bonchev–Trinajstić information content (AvgIpc) is 3.03. The van der Waals surface area contributed by atoms with Gasteiger partial charge >= 0.3 is 0 Å². The minimum atomic E-state index is -1.32. The predicted octanol–water partition coefficient (Wildman–Crippen LogP) is -1.48. The first-order chi connectivity index (χ1) is 12.4. The summed E-state index contributed by atoms with van der Waals surface area (Å²) in [4.78, 5) is 31.2. The molecule has 3 aliphatic heterocycles. The molecular formula is C18H19N3O5. The Bertz CT molecular complexity index is 920. The van der Waals surface area contributed by atoms with Crippen LogP contribution in [0.25, 0.3) is 5.70 Å². The second kappa shape index (κ2) is 4.45. The van der Waals surface area contributed by atoms with Crippen molar-refractivity contribution >= 4 is 17.3 Å². The van der Waals surface area contributed by atoms with Crippen molar-refractivity contribution in [3.8, 4) is 0 Å². The predicted molar refractivity (Wildman–Crippen MR) is 87.9 cm³/mol. The number of piperidine rings is 1. The molecule has 8 nitrogen and oxygen atoms in total. The van der Waals surface area contributed by atoms with Crippen LogP contribution in [0.15, 0.2) is 11.8 Å². The lowest BCUT2D eigenvalue weighted by molar-refractivity contribution is -0.164. The largest absolute Gasteiger partial charge is 0.390 e. The van der Waals surface area contributed by atoms with Crippen LogP contribution in [0.2, 0.25) is 0 Å². The van der Waals surface area contributed by atoms with Gasteiger partial charge in [-0.25, -0.2) is 0 Å². The van der Waals surface area contributed by atoms with E-state index in [1.54, 1.807) is 0 Å². The number of nitrogens with zero attached hydrogens (tertiary/aromatic N) is 1. The zero-order valence-electron chi connectivity index (χ0n) is 13.9. The van der Waals surface area contributed by atoms with Crippen molar-refractivity contribution < 1.29 is 24.9 Å². The quantitative estimate of drug-likeness (QED) is 0.383. The summed E-state index contributed by atoms with van der Waals surface area (Å²) in [6.07, 6.45) is -0.720. The minimum Gasteiger partial charge on any atom is -0.390 e. The van der Waals surface area contributed by atoms with Gasteiger partial charge in [-0.1, -0.05) is 0 Å². The maximum atomic E-state index is 13.1. The van der Waals surface area contributed by atoms with E-state index < -0.39 is 35.9 Å². The van der Waals surface area contributed by atoms with E-state index in [0.717, 1.165) is 16.8 Å². The third-order valence-electron chi connectivity index (χ3n) is 6.99. The summed E-state index contributed by atoms with van der Waals surface area (Å²) in [6.45, 7) is 0.607. The first-order valence-corrected chi connectivity index (χ1v) is 9.05. The molecule has 2 bridgehead atoms. The van der Waals surface area contributed by atoms with Crippen molar-refractivity contribution in [3.05, 3.63) is 28.6 Å². The number of hydrogen-bond acceptors (Lipinski definition) is 7. The summed E-state index contributed by atoms with van der Waals surface area (Å²) in [6, 6.07) is -1.45. The Kier molecular flexibility index (Phi) is 2.59.